The van der Waals surface area contributed by atoms with Crippen molar-refractivity contribution in [1.29, 1.82) is 0 Å². The van der Waals surface area contributed by atoms with Crippen molar-refractivity contribution < 1.29 is 23.6 Å². The molecule has 0 aliphatic carbocycles. The summed E-state index contributed by atoms with van der Waals surface area (Å²) in [6, 6.07) is 12.0. The zero-order chi connectivity index (χ0) is 30.6. The van der Waals surface area contributed by atoms with Crippen molar-refractivity contribution in [2.24, 2.45) is 0 Å². The number of nitrogens with one attached hydrogen (secondary N) is 1. The Balaban J connectivity index is 1.46. The predicted molar refractivity (Wildman–Crippen MR) is 161 cm³/mol. The fraction of sp³-hybridized carbons (Fsp3) is 0.484. The van der Waals surface area contributed by atoms with Gasteiger partial charge in [0.25, 0.3) is 5.91 Å². The number of aryl methyl sites for hydroxylation is 2. The lowest BCUT2D eigenvalue weighted by Crippen LogP contribution is -2.48. The lowest BCUT2D eigenvalue weighted by molar-refractivity contribution is -0.145. The molecule has 1 aliphatic rings. The van der Waals surface area contributed by atoms with Gasteiger partial charge in [-0.25, -0.2) is 9.80 Å². The minimum atomic E-state index is -0.604. The van der Waals surface area contributed by atoms with Crippen molar-refractivity contribution in [2.75, 3.05) is 44.7 Å². The maximum Gasteiger partial charge on any atom is 0.410 e. The van der Waals surface area contributed by atoms with Gasteiger partial charge in [-0.2, -0.15) is 0 Å². The van der Waals surface area contributed by atoms with Crippen molar-refractivity contribution in [3.8, 4) is 0 Å². The third-order valence-electron chi connectivity index (χ3n) is 7.32. The molecule has 11 heteroatoms. The predicted octanol–water partition coefficient (Wildman–Crippen LogP) is 4.01. The fourth-order valence-electron chi connectivity index (χ4n) is 4.98. The first-order valence-electron chi connectivity index (χ1n) is 14.3. The molecule has 0 bridgehead atoms. The molecule has 0 saturated heterocycles. The molecule has 42 heavy (non-hydrogen) atoms. The van der Waals surface area contributed by atoms with E-state index in [-0.39, 0.29) is 31.4 Å². The van der Waals surface area contributed by atoms with Crippen LogP contribution in [-0.2, 0) is 27.4 Å². The molecule has 3 amide bonds. The second kappa shape index (κ2) is 12.8. The van der Waals surface area contributed by atoms with Crippen LogP contribution in [0.2, 0.25) is 0 Å². The number of likely N-dealkylation sites (N-methyl/N-ethyl adjacent to an activating group) is 2. The molecule has 1 N–H and O–H groups in total. The first-order chi connectivity index (χ1) is 19.9. The Morgan fingerprint density at radius 2 is 1.74 bits per heavy atom. The largest absolute Gasteiger partial charge is 0.444 e. The van der Waals surface area contributed by atoms with Gasteiger partial charge in [0.2, 0.25) is 5.91 Å². The van der Waals surface area contributed by atoms with E-state index in [9.17, 15) is 14.4 Å². The number of hydrogen-bond donors (Lipinski definition) is 1. The summed E-state index contributed by atoms with van der Waals surface area (Å²) in [6.07, 6.45) is -0.424. The molecule has 4 rings (SSSR count). The Bertz CT molecular complexity index is 1420. The van der Waals surface area contributed by atoms with E-state index in [0.29, 0.717) is 31.8 Å². The van der Waals surface area contributed by atoms with Gasteiger partial charge in [-0.05, 0) is 70.4 Å². The SMILES string of the molecule is CCN(CCNC(=O)CN(CC(=O)N(C)N1Cc2ccccc2C1)c1cc2c(C)noc2cc1C)C(=O)OC(C)(C)C. The maximum atomic E-state index is 13.6. The number of nitrogens with zero attached hydrogens (tertiary/aromatic N) is 5. The molecule has 1 aliphatic heterocycles. The van der Waals surface area contributed by atoms with Crippen LogP contribution < -0.4 is 10.2 Å². The monoisotopic (exact) mass is 578 g/mol. The molecule has 2 aromatic carbocycles. The zero-order valence-electron chi connectivity index (χ0n) is 25.7. The third-order valence-corrected chi connectivity index (χ3v) is 7.32. The van der Waals surface area contributed by atoms with E-state index < -0.39 is 11.7 Å². The number of carbonyl (C=O) groups excluding carboxylic acids is 3. The molecule has 3 aromatic rings. The summed E-state index contributed by atoms with van der Waals surface area (Å²) < 4.78 is 10.9. The van der Waals surface area contributed by atoms with Crippen LogP contribution in [0.3, 0.4) is 0 Å². The number of amides is 3. The lowest BCUT2D eigenvalue weighted by Gasteiger charge is -2.32. The van der Waals surface area contributed by atoms with Gasteiger partial charge in [0.1, 0.15) is 5.60 Å². The number of benzene rings is 2. The number of anilines is 1. The van der Waals surface area contributed by atoms with E-state index in [0.717, 1.165) is 22.3 Å². The first kappa shape index (κ1) is 30.8. The van der Waals surface area contributed by atoms with Crippen molar-refractivity contribution in [3.05, 3.63) is 58.8 Å². The molecule has 0 atom stereocenters. The zero-order valence-corrected chi connectivity index (χ0v) is 25.7. The highest BCUT2D eigenvalue weighted by atomic mass is 16.6. The van der Waals surface area contributed by atoms with Crippen molar-refractivity contribution in [2.45, 2.75) is 60.2 Å². The fourth-order valence-corrected chi connectivity index (χ4v) is 4.98. The molecule has 11 nitrogen and oxygen atoms in total. The Hall–Kier alpha value is -4.12. The van der Waals surface area contributed by atoms with Crippen LogP contribution in [-0.4, -0.2) is 83.4 Å². The maximum absolute atomic E-state index is 13.6. The van der Waals surface area contributed by atoms with Gasteiger partial charge in [0.05, 0.1) is 18.8 Å². The van der Waals surface area contributed by atoms with Gasteiger partial charge in [0, 0.05) is 50.8 Å². The molecule has 0 saturated carbocycles. The summed E-state index contributed by atoms with van der Waals surface area (Å²) in [4.78, 5) is 42.6. The van der Waals surface area contributed by atoms with Crippen LogP contribution >= 0.6 is 0 Å². The summed E-state index contributed by atoms with van der Waals surface area (Å²) in [5.41, 5.74) is 4.79. The summed E-state index contributed by atoms with van der Waals surface area (Å²) in [5, 5.41) is 11.4. The summed E-state index contributed by atoms with van der Waals surface area (Å²) in [6.45, 7) is 13.3. The number of hydrogen-bond acceptors (Lipinski definition) is 8. The average Bonchev–Trinajstić information content (AvgIpc) is 3.52. The minimum Gasteiger partial charge on any atom is -0.444 e. The standard InChI is InChI=1S/C31H42N6O5/c1-8-35(30(40)41-31(4,5)6)14-13-32-28(38)19-36(26-16-25-22(3)33-42-27(25)15-21(26)2)20-29(39)34(7)37-17-23-11-9-10-12-24(23)18-37/h9-12,15-16H,8,13-14,17-20H2,1-7H3,(H,32,38). The number of hydrazine groups is 1. The molecule has 0 spiro atoms. The summed E-state index contributed by atoms with van der Waals surface area (Å²) in [5.74, 6) is -0.403. The van der Waals surface area contributed by atoms with E-state index in [1.54, 1.807) is 21.9 Å². The molecule has 1 aromatic heterocycles. The second-order valence-electron chi connectivity index (χ2n) is 11.7. The molecule has 226 valence electrons. The second-order valence-corrected chi connectivity index (χ2v) is 11.7. The van der Waals surface area contributed by atoms with Crippen LogP contribution in [0, 0.1) is 13.8 Å². The number of ether oxygens (including phenoxy) is 1. The summed E-state index contributed by atoms with van der Waals surface area (Å²) in [7, 11) is 1.77. The van der Waals surface area contributed by atoms with Gasteiger partial charge in [-0.1, -0.05) is 29.4 Å². The molecule has 0 radical (unpaired) electrons. The van der Waals surface area contributed by atoms with Gasteiger partial charge < -0.3 is 24.4 Å². The van der Waals surface area contributed by atoms with E-state index in [1.807, 2.05) is 70.8 Å². The van der Waals surface area contributed by atoms with Crippen molar-refractivity contribution in [3.63, 3.8) is 0 Å². The van der Waals surface area contributed by atoms with Crippen LogP contribution in [0.1, 0.15) is 50.1 Å². The highest BCUT2D eigenvalue weighted by molar-refractivity contribution is 5.90. The van der Waals surface area contributed by atoms with Crippen LogP contribution in [0.4, 0.5) is 10.5 Å². The molecule has 0 fully saturated rings. The summed E-state index contributed by atoms with van der Waals surface area (Å²) >= 11 is 0. The third kappa shape index (κ3) is 7.39. The first-order valence-corrected chi connectivity index (χ1v) is 14.3. The molecular formula is C31H42N6O5. The van der Waals surface area contributed by atoms with Gasteiger partial charge >= 0.3 is 6.09 Å². The Labute approximate surface area is 247 Å². The van der Waals surface area contributed by atoms with Crippen LogP contribution in [0.5, 0.6) is 0 Å². The highest BCUT2D eigenvalue weighted by Gasteiger charge is 2.27. The lowest BCUT2D eigenvalue weighted by atomic mass is 10.1. The Morgan fingerprint density at radius 1 is 1.07 bits per heavy atom. The van der Waals surface area contributed by atoms with E-state index in [2.05, 4.69) is 22.6 Å². The van der Waals surface area contributed by atoms with Crippen molar-refractivity contribution >= 4 is 34.6 Å². The normalized spacial score (nSPS) is 13.1. The van der Waals surface area contributed by atoms with Gasteiger partial charge in [-0.3, -0.25) is 14.6 Å². The van der Waals surface area contributed by atoms with Crippen LogP contribution in [0.25, 0.3) is 11.0 Å². The van der Waals surface area contributed by atoms with Crippen LogP contribution in [0.15, 0.2) is 40.9 Å². The number of aromatic nitrogens is 1. The molecule has 0 unspecified atom stereocenters. The van der Waals surface area contributed by atoms with Crippen molar-refractivity contribution in [1.82, 2.24) is 25.4 Å². The van der Waals surface area contributed by atoms with E-state index in [1.165, 1.54) is 11.1 Å². The Morgan fingerprint density at radius 3 is 2.36 bits per heavy atom. The molecular weight excluding hydrogens is 536 g/mol. The number of fused-ring (bicyclic) bond motifs is 2. The number of carbonyl (C=O) groups is 3. The number of rotatable bonds is 10. The quantitative estimate of drug-likeness (QED) is 0.384. The highest BCUT2D eigenvalue weighted by Crippen LogP contribution is 2.29. The smallest absolute Gasteiger partial charge is 0.410 e. The van der Waals surface area contributed by atoms with E-state index in [4.69, 9.17) is 9.26 Å². The topological polar surface area (TPSA) is 111 Å². The van der Waals surface area contributed by atoms with Gasteiger partial charge in [0.15, 0.2) is 5.58 Å². The van der Waals surface area contributed by atoms with E-state index >= 15 is 0 Å². The minimum absolute atomic E-state index is 0.00751. The Kier molecular flexibility index (Phi) is 9.40. The van der Waals surface area contributed by atoms with Gasteiger partial charge in [-0.15, -0.1) is 0 Å². The molecule has 2 heterocycles. The average molecular weight is 579 g/mol.